The van der Waals surface area contributed by atoms with E-state index < -0.39 is 21.9 Å². The molecule has 0 aromatic carbocycles. The molecule has 0 bridgehead atoms. The first kappa shape index (κ1) is 19.1. The van der Waals surface area contributed by atoms with Crippen molar-refractivity contribution in [2.24, 2.45) is 0 Å². The Morgan fingerprint density at radius 1 is 1.31 bits per heavy atom. The second-order valence-corrected chi connectivity index (χ2v) is 11.9. The van der Waals surface area contributed by atoms with Crippen molar-refractivity contribution < 1.29 is 18.0 Å². The zero-order valence-electron chi connectivity index (χ0n) is 15.2. The number of hydrogen-bond donors (Lipinski definition) is 2. The number of rotatable bonds is 2. The lowest BCUT2D eigenvalue weighted by molar-refractivity contribution is -0.141. The van der Waals surface area contributed by atoms with Crippen molar-refractivity contribution in [3.05, 3.63) is 29.2 Å². The Morgan fingerprint density at radius 2 is 2.04 bits per heavy atom. The molecule has 2 aromatic rings. The van der Waals surface area contributed by atoms with Crippen LogP contribution in [0.4, 0.5) is 13.2 Å². The molecule has 3 rings (SSSR count). The maximum Gasteiger partial charge on any atom is 0.433 e. The molecule has 26 heavy (non-hydrogen) atoms. The molecule has 1 aliphatic heterocycles. The third-order valence-corrected chi connectivity index (χ3v) is 7.78. The van der Waals surface area contributed by atoms with Crippen molar-refractivity contribution in [3.63, 3.8) is 0 Å². The molecule has 2 aromatic heterocycles. The van der Waals surface area contributed by atoms with Gasteiger partial charge < -0.3 is 10.3 Å². The van der Waals surface area contributed by atoms with E-state index in [2.05, 4.69) is 27.8 Å². The van der Waals surface area contributed by atoms with E-state index in [-0.39, 0.29) is 23.2 Å². The van der Waals surface area contributed by atoms with Crippen molar-refractivity contribution in [1.29, 1.82) is 0 Å². The third kappa shape index (κ3) is 4.00. The van der Waals surface area contributed by atoms with Gasteiger partial charge in [-0.05, 0) is 61.8 Å². The molecule has 1 amide bonds. The maximum atomic E-state index is 13.0. The lowest BCUT2D eigenvalue weighted by Gasteiger charge is -2.29. The Balaban J connectivity index is 1.80. The molecule has 0 saturated carbocycles. The number of nitrogens with one attached hydrogen (secondary N) is 2. The third-order valence-electron chi connectivity index (χ3n) is 5.05. The minimum atomic E-state index is -4.51. The number of nitrogens with zero attached hydrogens (tertiary/aromatic N) is 1. The highest BCUT2D eigenvalue weighted by molar-refractivity contribution is 8.32. The Kier molecular flexibility index (Phi) is 4.98. The smallest absolute Gasteiger partial charge is 0.349 e. The van der Waals surface area contributed by atoms with Crippen LogP contribution in [-0.2, 0) is 6.18 Å². The number of fused-ring (bicyclic) bond motifs is 1. The van der Waals surface area contributed by atoms with Crippen LogP contribution in [0.25, 0.3) is 10.9 Å². The quantitative estimate of drug-likeness (QED) is 0.810. The number of aromatic nitrogens is 2. The number of aromatic amines is 1. The normalized spacial score (nSPS) is 22.0. The highest BCUT2D eigenvalue weighted by Gasteiger charge is 2.35. The van der Waals surface area contributed by atoms with Crippen LogP contribution in [0, 0.1) is 6.92 Å². The van der Waals surface area contributed by atoms with E-state index in [0.29, 0.717) is 10.9 Å². The van der Waals surface area contributed by atoms with E-state index >= 15 is 0 Å². The standard InChI is InChI=1S/C18H24F3N3OS/c1-11-13-9-14(24-15(13)10-22-16(11)18(19,20)21)17(25)23-12-5-4-7-26(2,3)8-6-12/h9-10,12,24H,4-8H2,1-3H3,(H,23,25). The number of aryl methyl sites for hydroxylation is 1. The number of H-pyrrole nitrogens is 1. The van der Waals surface area contributed by atoms with Crippen molar-refractivity contribution in [1.82, 2.24) is 15.3 Å². The van der Waals surface area contributed by atoms with E-state index in [1.165, 1.54) is 18.7 Å². The van der Waals surface area contributed by atoms with Gasteiger partial charge in [0.1, 0.15) is 11.4 Å². The summed E-state index contributed by atoms with van der Waals surface area (Å²) in [5.41, 5.74) is -0.165. The number of carbonyl (C=O) groups is 1. The van der Waals surface area contributed by atoms with E-state index in [9.17, 15) is 18.0 Å². The van der Waals surface area contributed by atoms with Crippen LogP contribution in [0.2, 0.25) is 0 Å². The van der Waals surface area contributed by atoms with Crippen LogP contribution >= 0.6 is 10.0 Å². The minimum Gasteiger partial charge on any atom is -0.349 e. The summed E-state index contributed by atoms with van der Waals surface area (Å²) in [7, 11) is -0.571. The predicted octanol–water partition coefficient (Wildman–Crippen LogP) is 4.24. The van der Waals surface area contributed by atoms with Crippen LogP contribution < -0.4 is 5.32 Å². The van der Waals surface area contributed by atoms with Crippen molar-refractivity contribution >= 4 is 26.8 Å². The molecule has 2 N–H and O–H groups in total. The first-order valence-corrected chi connectivity index (χ1v) is 11.4. The van der Waals surface area contributed by atoms with Gasteiger partial charge in [-0.2, -0.15) is 13.2 Å². The molecule has 8 heteroatoms. The highest BCUT2D eigenvalue weighted by Crippen LogP contribution is 2.43. The molecule has 1 fully saturated rings. The summed E-state index contributed by atoms with van der Waals surface area (Å²) < 4.78 is 39.0. The number of hydrogen-bond acceptors (Lipinski definition) is 2. The van der Waals surface area contributed by atoms with Gasteiger partial charge in [-0.1, -0.05) is 0 Å². The Labute approximate surface area is 152 Å². The maximum absolute atomic E-state index is 13.0. The van der Waals surface area contributed by atoms with E-state index in [1.54, 1.807) is 0 Å². The van der Waals surface area contributed by atoms with Gasteiger partial charge in [0, 0.05) is 11.4 Å². The summed E-state index contributed by atoms with van der Waals surface area (Å²) in [6.07, 6.45) is 4.27. The zero-order chi connectivity index (χ0) is 19.1. The fourth-order valence-corrected chi connectivity index (χ4v) is 5.55. The predicted molar refractivity (Wildman–Crippen MR) is 100 cm³/mol. The van der Waals surface area contributed by atoms with E-state index in [1.807, 2.05) is 0 Å². The van der Waals surface area contributed by atoms with Gasteiger partial charge in [-0.25, -0.2) is 15.0 Å². The molecule has 0 spiro atoms. The average Bonchev–Trinajstić information content (AvgIpc) is 2.89. The van der Waals surface area contributed by atoms with Crippen molar-refractivity contribution in [2.75, 3.05) is 24.0 Å². The molecule has 144 valence electrons. The molecule has 0 aliphatic carbocycles. The second-order valence-electron chi connectivity index (χ2n) is 7.52. The number of amides is 1. The fraction of sp³-hybridized carbons (Fsp3) is 0.556. The number of halogens is 3. The summed E-state index contributed by atoms with van der Waals surface area (Å²) in [5.74, 6) is 2.08. The van der Waals surface area contributed by atoms with Crippen LogP contribution in [-0.4, -0.2) is 45.9 Å². The molecular formula is C18H24F3N3OS. The molecule has 1 atom stereocenters. The summed E-state index contributed by atoms with van der Waals surface area (Å²) in [5, 5.41) is 3.42. The summed E-state index contributed by atoms with van der Waals surface area (Å²) in [4.78, 5) is 19.0. The molecule has 3 heterocycles. The summed E-state index contributed by atoms with van der Waals surface area (Å²) in [6.45, 7) is 1.38. The lowest BCUT2D eigenvalue weighted by atomic mass is 10.1. The van der Waals surface area contributed by atoms with Gasteiger partial charge in [0.05, 0.1) is 11.7 Å². The summed E-state index contributed by atoms with van der Waals surface area (Å²) >= 11 is 0. The van der Waals surface area contributed by atoms with Gasteiger partial charge in [0.15, 0.2) is 0 Å². The van der Waals surface area contributed by atoms with Crippen molar-refractivity contribution in [3.8, 4) is 0 Å². The molecule has 1 unspecified atom stereocenters. The SMILES string of the molecule is Cc1c(C(F)(F)F)ncc2[nH]c(C(=O)NC3CCCS(C)(C)CC3)cc12. The van der Waals surface area contributed by atoms with Crippen molar-refractivity contribution in [2.45, 2.75) is 38.4 Å². The number of pyridine rings is 1. The van der Waals surface area contributed by atoms with Crippen LogP contribution in [0.5, 0.6) is 0 Å². The van der Waals surface area contributed by atoms with Crippen LogP contribution in [0.1, 0.15) is 41.0 Å². The highest BCUT2D eigenvalue weighted by atomic mass is 32.3. The molecule has 1 aliphatic rings. The van der Waals surface area contributed by atoms with Gasteiger partial charge in [-0.3, -0.25) is 4.79 Å². The first-order chi connectivity index (χ1) is 12.1. The zero-order valence-corrected chi connectivity index (χ0v) is 16.0. The van der Waals surface area contributed by atoms with Gasteiger partial charge in [-0.15, -0.1) is 0 Å². The molecule has 4 nitrogen and oxygen atoms in total. The van der Waals surface area contributed by atoms with Crippen LogP contribution in [0.3, 0.4) is 0 Å². The largest absolute Gasteiger partial charge is 0.433 e. The first-order valence-electron chi connectivity index (χ1n) is 8.62. The summed E-state index contributed by atoms with van der Waals surface area (Å²) in [6, 6.07) is 1.61. The molecule has 0 radical (unpaired) electrons. The molecule has 1 saturated heterocycles. The van der Waals surface area contributed by atoms with Gasteiger partial charge in [0.2, 0.25) is 0 Å². The topological polar surface area (TPSA) is 57.8 Å². The Bertz CT molecular complexity index is 829. The Morgan fingerprint density at radius 3 is 2.73 bits per heavy atom. The average molecular weight is 387 g/mol. The fourth-order valence-electron chi connectivity index (χ4n) is 3.48. The van der Waals surface area contributed by atoms with E-state index in [4.69, 9.17) is 0 Å². The second kappa shape index (κ2) is 6.79. The number of alkyl halides is 3. The monoisotopic (exact) mass is 387 g/mol. The molecular weight excluding hydrogens is 363 g/mol. The van der Waals surface area contributed by atoms with Gasteiger partial charge >= 0.3 is 6.18 Å². The minimum absolute atomic E-state index is 0.0325. The van der Waals surface area contributed by atoms with Crippen LogP contribution in [0.15, 0.2) is 12.3 Å². The number of carbonyl (C=O) groups excluding carboxylic acids is 1. The van der Waals surface area contributed by atoms with Gasteiger partial charge in [0.25, 0.3) is 5.91 Å². The Hall–Kier alpha value is -1.70. The lowest BCUT2D eigenvalue weighted by Crippen LogP contribution is -2.35. The van der Waals surface area contributed by atoms with E-state index in [0.717, 1.165) is 31.2 Å².